The second-order valence-electron chi connectivity index (χ2n) is 18.9. The lowest BCUT2D eigenvalue weighted by Crippen LogP contribution is -2.67. The maximum absolute atomic E-state index is 12.0. The zero-order valence-corrected chi connectivity index (χ0v) is 42.7. The van der Waals surface area contributed by atoms with Crippen LogP contribution in [0.25, 0.3) is 0 Å². The molecule has 0 aromatic carbocycles. The molecule has 6 unspecified atom stereocenters. The number of aliphatic hydroxyl groups is 17. The Morgan fingerprint density at radius 1 is 0.455 bits per heavy atom. The van der Waals surface area contributed by atoms with Crippen molar-refractivity contribution in [1.29, 1.82) is 0 Å². The monoisotopic (exact) mass is 1130 g/mol. The first-order chi connectivity index (χ1) is 36.4. The van der Waals surface area contributed by atoms with Gasteiger partial charge in [0.2, 0.25) is 0 Å². The van der Waals surface area contributed by atoms with Crippen molar-refractivity contribution in [2.24, 2.45) is 17.2 Å². The van der Waals surface area contributed by atoms with E-state index in [2.05, 4.69) is 0 Å². The van der Waals surface area contributed by atoms with Gasteiger partial charge >= 0.3 is 11.9 Å². The number of carbonyl (C=O) groups is 2. The number of nitrogens with two attached hydrogens (primary N) is 3. The highest BCUT2D eigenvalue weighted by Gasteiger charge is 2.58. The normalized spacial score (nSPS) is 37.0. The lowest BCUT2D eigenvalue weighted by atomic mass is 9.91. The number of unbranched alkanes of at least 4 members (excludes halogenated alkanes) is 6. The number of aliphatic carboxylic acids is 2. The van der Waals surface area contributed by atoms with Crippen LogP contribution in [0.5, 0.6) is 0 Å². The predicted octanol–water partition coefficient (Wildman–Crippen LogP) is -9.97. The zero-order chi connectivity index (χ0) is 58.2. The summed E-state index contributed by atoms with van der Waals surface area (Å²) in [4.78, 5) is 23.5. The maximum atomic E-state index is 12.0. The van der Waals surface area contributed by atoms with Gasteiger partial charge in [0.1, 0.15) is 97.7 Å². The Hall–Kier alpha value is -2.18. The van der Waals surface area contributed by atoms with Crippen LogP contribution < -0.4 is 17.2 Å². The Labute approximate surface area is 443 Å². The topological polar surface area (TPSA) is 570 Å². The first-order valence-corrected chi connectivity index (χ1v) is 25.5. The third-order valence-electron chi connectivity index (χ3n) is 13.0. The molecular weight excluding hydrogens is 1050 g/mol. The predicted molar refractivity (Wildman–Crippen MR) is 255 cm³/mol. The molecule has 4 saturated heterocycles. The van der Waals surface area contributed by atoms with Crippen LogP contribution in [0.15, 0.2) is 0 Å². The minimum absolute atomic E-state index is 0.0665. The maximum Gasteiger partial charge on any atom is 0.364 e. The number of aliphatic hydroxyl groups excluding tert-OH is 17. The molecule has 4 rings (SSSR count). The number of hydrogen-bond donors (Lipinski definition) is 22. The molecule has 0 bridgehead atoms. The van der Waals surface area contributed by atoms with Crippen molar-refractivity contribution < 1.29 is 145 Å². The summed E-state index contributed by atoms with van der Waals surface area (Å²) < 4.78 is 42.8. The molecule has 0 aliphatic carbocycles. The molecule has 4 aliphatic rings. The van der Waals surface area contributed by atoms with Crippen LogP contribution in [-0.4, -0.2) is 309 Å². The lowest BCUT2D eigenvalue weighted by molar-refractivity contribution is -0.369. The molecule has 25 N–H and O–H groups in total. The molecule has 22 atom stereocenters. The molecule has 0 spiro atoms. The highest BCUT2D eigenvalue weighted by molar-refractivity contribution is 5.76. The van der Waals surface area contributed by atoms with Crippen LogP contribution >= 0.6 is 0 Å². The van der Waals surface area contributed by atoms with Crippen molar-refractivity contribution >= 4 is 11.9 Å². The van der Waals surface area contributed by atoms with Gasteiger partial charge < -0.3 is 152 Å². The molecule has 77 heavy (non-hydrogen) atoms. The van der Waals surface area contributed by atoms with Gasteiger partial charge in [0.25, 0.3) is 11.6 Å². The van der Waals surface area contributed by atoms with Crippen LogP contribution in [0.2, 0.25) is 0 Å². The second-order valence-corrected chi connectivity index (χ2v) is 18.9. The molecule has 0 aromatic heterocycles. The van der Waals surface area contributed by atoms with E-state index in [1.165, 1.54) is 0 Å². The molecule has 0 aromatic rings. The van der Waals surface area contributed by atoms with E-state index in [4.69, 9.17) is 70.4 Å². The molecule has 4 heterocycles. The van der Waals surface area contributed by atoms with E-state index in [1.807, 2.05) is 0 Å². The fourth-order valence-electron chi connectivity index (χ4n) is 8.40. The van der Waals surface area contributed by atoms with Gasteiger partial charge in [-0.2, -0.15) is 0 Å². The smallest absolute Gasteiger partial charge is 0.364 e. The van der Waals surface area contributed by atoms with Gasteiger partial charge in [-0.25, -0.2) is 9.59 Å². The number of rotatable bonds is 30. The molecule has 0 amide bonds. The SMILES string of the molecule is NCCCCCO[C@H]1OC([C@@H](O)CO)[C@@H](O)[C@H](O)C1O.NCCCCCO[C@]1(C(=O)O)C[C@@H](O)[C@@H](O)C([C@H](O)CO)O1.NCCCCCO[C@]1(C(=O)O)C[C@@H](O)[C@@H](O[C@H]2OC([C@@H](O)CO)[C@@H](O)[C@H](O)C2O)C([C@H](O)CO)O1. The Kier molecular flexibility index (Phi) is 32.8. The molecular formula is C45H87N3O29. The number of hydrogen-bond acceptors (Lipinski definition) is 30. The van der Waals surface area contributed by atoms with Gasteiger partial charge in [-0.1, -0.05) is 0 Å². The lowest BCUT2D eigenvalue weighted by Gasteiger charge is -2.48. The van der Waals surface area contributed by atoms with Gasteiger partial charge in [0.05, 0.1) is 51.8 Å². The standard InChI is InChI=1S/C20H37NO14.C13H25NO8.C12H25NO7/c21-4-2-1-3-5-32-20(19(30)31)6-9(24)16(17(35-20)11(26)8-23)34-18-14(29)12(27)13(28)15(33-18)10(25)7-22;14-4-2-1-3-5-21-13(12(19)20)6-8(16)10(18)11(22-13)9(17)7-15;13-4-2-1-3-5-19-12-10(18)8(16)9(17)11(20-12)7(15)6-14/h9-18,22-29H,1-8,21H2,(H,30,31);8-11,15-18H,1-7,14H2,(H,19,20);7-12,14-18H,1-6,13H2/t9-,10+,11-,12+,13+,14?,15?,16-,17?,18-,20-;8-,9-,10-,11?,13-;7-,8-,9-,10?,11?,12-/m110/s1. The Bertz CT molecular complexity index is 1620. The first-order valence-electron chi connectivity index (χ1n) is 25.5. The van der Waals surface area contributed by atoms with Crippen LogP contribution in [0.1, 0.15) is 70.6 Å². The van der Waals surface area contributed by atoms with Crippen molar-refractivity contribution in [3.63, 3.8) is 0 Å². The minimum atomic E-state index is -2.39. The molecule has 456 valence electrons. The zero-order valence-electron chi connectivity index (χ0n) is 42.7. The summed E-state index contributed by atoms with van der Waals surface area (Å²) in [7, 11) is 0. The summed E-state index contributed by atoms with van der Waals surface area (Å²) >= 11 is 0. The number of ether oxygens (including phenoxy) is 8. The van der Waals surface area contributed by atoms with E-state index in [1.54, 1.807) is 0 Å². The van der Waals surface area contributed by atoms with Gasteiger partial charge in [0.15, 0.2) is 12.6 Å². The minimum Gasteiger partial charge on any atom is -0.477 e. The highest BCUT2D eigenvalue weighted by Crippen LogP contribution is 2.37. The Balaban J connectivity index is 0.000000418. The van der Waals surface area contributed by atoms with Crippen molar-refractivity contribution in [3.8, 4) is 0 Å². The van der Waals surface area contributed by atoms with Gasteiger partial charge in [-0.3, -0.25) is 0 Å². The van der Waals surface area contributed by atoms with Crippen LogP contribution in [0.3, 0.4) is 0 Å². The average molecular weight is 1130 g/mol. The van der Waals surface area contributed by atoms with Crippen molar-refractivity contribution in [1.82, 2.24) is 0 Å². The van der Waals surface area contributed by atoms with E-state index >= 15 is 0 Å². The summed E-state index contributed by atoms with van der Waals surface area (Å²) in [5.41, 5.74) is 16.1. The largest absolute Gasteiger partial charge is 0.477 e. The van der Waals surface area contributed by atoms with E-state index in [9.17, 15) is 91.3 Å². The van der Waals surface area contributed by atoms with E-state index in [0.29, 0.717) is 51.9 Å². The Morgan fingerprint density at radius 2 is 0.818 bits per heavy atom. The molecule has 32 heteroatoms. The van der Waals surface area contributed by atoms with E-state index in [-0.39, 0.29) is 13.2 Å². The second kappa shape index (κ2) is 35.6. The summed E-state index contributed by atoms with van der Waals surface area (Å²) in [6, 6.07) is 0. The van der Waals surface area contributed by atoms with Crippen molar-refractivity contribution in [2.75, 3.05) is 65.9 Å². The number of carboxylic acids is 2. The molecule has 0 radical (unpaired) electrons. The highest BCUT2D eigenvalue weighted by atomic mass is 16.8. The molecule has 4 fully saturated rings. The van der Waals surface area contributed by atoms with E-state index < -0.39 is 185 Å². The third-order valence-corrected chi connectivity index (χ3v) is 13.0. The summed E-state index contributed by atoms with van der Waals surface area (Å²) in [5.74, 6) is -7.61. The van der Waals surface area contributed by atoms with Crippen LogP contribution in [-0.2, 0) is 47.5 Å². The average Bonchev–Trinajstić information content (AvgIpc) is 3.41. The Morgan fingerprint density at radius 3 is 1.23 bits per heavy atom. The van der Waals surface area contributed by atoms with Crippen LogP contribution in [0.4, 0.5) is 0 Å². The molecule has 32 nitrogen and oxygen atoms in total. The molecule has 4 aliphatic heterocycles. The molecule has 0 saturated carbocycles. The summed E-state index contributed by atoms with van der Waals surface area (Å²) in [6.45, 7) is -1.30. The van der Waals surface area contributed by atoms with Gasteiger partial charge in [-0.15, -0.1) is 0 Å². The quantitative estimate of drug-likeness (QED) is 0.0297. The summed E-state index contributed by atoms with van der Waals surface area (Å²) in [5, 5.41) is 185. The van der Waals surface area contributed by atoms with Gasteiger partial charge in [-0.05, 0) is 77.4 Å². The van der Waals surface area contributed by atoms with Crippen LogP contribution in [0, 0.1) is 0 Å². The van der Waals surface area contributed by atoms with E-state index in [0.717, 1.165) is 32.1 Å². The summed E-state index contributed by atoms with van der Waals surface area (Å²) in [6.07, 6.45) is -26.4. The van der Waals surface area contributed by atoms with Gasteiger partial charge in [0, 0.05) is 19.4 Å². The fraction of sp³-hybridized carbons (Fsp3) is 0.956. The van der Waals surface area contributed by atoms with Crippen molar-refractivity contribution in [3.05, 3.63) is 0 Å². The first kappa shape index (κ1) is 70.9. The fourth-order valence-corrected chi connectivity index (χ4v) is 8.40. The number of carboxylic acid groups (broad SMARTS) is 2. The van der Waals surface area contributed by atoms with Crippen molar-refractivity contribution in [2.45, 2.75) is 205 Å². The third kappa shape index (κ3) is 20.3.